The number of aromatic nitrogens is 2. The van der Waals surface area contributed by atoms with E-state index in [0.29, 0.717) is 25.2 Å². The molecule has 106 valence electrons. The molecule has 0 aromatic carbocycles. The van der Waals surface area contributed by atoms with Gasteiger partial charge in [0, 0.05) is 26.0 Å². The monoisotopic (exact) mass is 267 g/mol. The predicted octanol–water partition coefficient (Wildman–Crippen LogP) is 0.308. The van der Waals surface area contributed by atoms with Gasteiger partial charge in [-0.2, -0.15) is 5.10 Å². The molecule has 1 saturated heterocycles. The Labute approximate surface area is 112 Å². The van der Waals surface area contributed by atoms with E-state index in [-0.39, 0.29) is 12.5 Å². The Bertz CT molecular complexity index is 476. The van der Waals surface area contributed by atoms with Crippen molar-refractivity contribution in [3.63, 3.8) is 0 Å². The molecule has 0 saturated carbocycles. The molecule has 0 spiro atoms. The van der Waals surface area contributed by atoms with Crippen LogP contribution in [0.15, 0.2) is 0 Å². The van der Waals surface area contributed by atoms with Gasteiger partial charge >= 0.3 is 0 Å². The number of nitrogens with zero attached hydrogens (tertiary/aromatic N) is 2. The minimum Gasteiger partial charge on any atom is -0.396 e. The summed E-state index contributed by atoms with van der Waals surface area (Å²) in [6, 6.07) is 0. The van der Waals surface area contributed by atoms with Gasteiger partial charge in [0.25, 0.3) is 5.91 Å². The molecule has 1 unspecified atom stereocenters. The SMILES string of the molecule is Cc1nn(C)c(C)c1C(=O)NC1(CCO)CCOC1. The predicted molar refractivity (Wildman–Crippen MR) is 70.0 cm³/mol. The van der Waals surface area contributed by atoms with Crippen LogP contribution in [0.25, 0.3) is 0 Å². The van der Waals surface area contributed by atoms with E-state index in [1.54, 1.807) is 4.68 Å². The number of aliphatic hydroxyl groups is 1. The van der Waals surface area contributed by atoms with Gasteiger partial charge in [-0.15, -0.1) is 0 Å². The molecule has 1 aromatic heterocycles. The standard InChI is InChI=1S/C13H21N3O3/c1-9-11(10(2)16(3)15-9)12(18)14-13(4-6-17)5-7-19-8-13/h17H,4-8H2,1-3H3,(H,14,18). The van der Waals surface area contributed by atoms with Gasteiger partial charge in [-0.3, -0.25) is 9.48 Å². The van der Waals surface area contributed by atoms with Gasteiger partial charge in [-0.25, -0.2) is 0 Å². The number of aliphatic hydroxyl groups excluding tert-OH is 1. The van der Waals surface area contributed by atoms with Gasteiger partial charge in [-0.1, -0.05) is 0 Å². The Morgan fingerprint density at radius 3 is 2.79 bits per heavy atom. The van der Waals surface area contributed by atoms with E-state index in [2.05, 4.69) is 10.4 Å². The number of carbonyl (C=O) groups excluding carboxylic acids is 1. The minimum absolute atomic E-state index is 0.0364. The zero-order valence-electron chi connectivity index (χ0n) is 11.7. The number of ether oxygens (including phenoxy) is 1. The highest BCUT2D eigenvalue weighted by Gasteiger charge is 2.37. The van der Waals surface area contributed by atoms with Crippen molar-refractivity contribution in [2.45, 2.75) is 32.2 Å². The van der Waals surface area contributed by atoms with Crippen molar-refractivity contribution in [3.05, 3.63) is 17.0 Å². The van der Waals surface area contributed by atoms with E-state index < -0.39 is 5.54 Å². The third-order valence-electron chi connectivity index (χ3n) is 3.81. The van der Waals surface area contributed by atoms with Gasteiger partial charge in [-0.05, 0) is 26.7 Å². The van der Waals surface area contributed by atoms with Crippen molar-refractivity contribution >= 4 is 5.91 Å². The molecular weight excluding hydrogens is 246 g/mol. The normalized spacial score (nSPS) is 22.7. The first-order valence-electron chi connectivity index (χ1n) is 6.50. The molecule has 0 bridgehead atoms. The molecule has 1 fully saturated rings. The number of aryl methyl sites for hydroxylation is 2. The average Bonchev–Trinajstić information content (AvgIpc) is 2.86. The summed E-state index contributed by atoms with van der Waals surface area (Å²) >= 11 is 0. The smallest absolute Gasteiger partial charge is 0.255 e. The molecule has 0 aliphatic carbocycles. The molecule has 1 aliphatic heterocycles. The van der Waals surface area contributed by atoms with Crippen molar-refractivity contribution < 1.29 is 14.6 Å². The lowest BCUT2D eigenvalue weighted by Crippen LogP contribution is -2.50. The van der Waals surface area contributed by atoms with Crippen LogP contribution in [0.4, 0.5) is 0 Å². The van der Waals surface area contributed by atoms with Crippen molar-refractivity contribution in [3.8, 4) is 0 Å². The molecule has 2 heterocycles. The molecular formula is C13H21N3O3. The summed E-state index contributed by atoms with van der Waals surface area (Å²) in [6.45, 7) is 4.81. The van der Waals surface area contributed by atoms with Crippen LogP contribution in [-0.2, 0) is 11.8 Å². The summed E-state index contributed by atoms with van der Waals surface area (Å²) in [5.41, 5.74) is 1.73. The molecule has 19 heavy (non-hydrogen) atoms. The third-order valence-corrected chi connectivity index (χ3v) is 3.81. The summed E-state index contributed by atoms with van der Waals surface area (Å²) in [7, 11) is 1.82. The molecule has 1 atom stereocenters. The van der Waals surface area contributed by atoms with E-state index in [9.17, 15) is 4.79 Å². The van der Waals surface area contributed by atoms with Crippen molar-refractivity contribution in [1.29, 1.82) is 0 Å². The molecule has 0 radical (unpaired) electrons. The maximum absolute atomic E-state index is 12.4. The van der Waals surface area contributed by atoms with Crippen molar-refractivity contribution in [2.24, 2.45) is 7.05 Å². The first kappa shape index (κ1) is 14.0. The van der Waals surface area contributed by atoms with Crippen LogP contribution in [0, 0.1) is 13.8 Å². The Kier molecular flexibility index (Phi) is 3.91. The summed E-state index contributed by atoms with van der Waals surface area (Å²) in [5, 5.41) is 16.4. The van der Waals surface area contributed by atoms with Gasteiger partial charge in [0.05, 0.1) is 23.4 Å². The van der Waals surface area contributed by atoms with Crippen LogP contribution < -0.4 is 5.32 Å². The first-order valence-corrected chi connectivity index (χ1v) is 6.50. The van der Waals surface area contributed by atoms with Crippen LogP contribution >= 0.6 is 0 Å². The van der Waals surface area contributed by atoms with Crippen LogP contribution in [0.5, 0.6) is 0 Å². The number of hydrogen-bond acceptors (Lipinski definition) is 4. The van der Waals surface area contributed by atoms with Crippen molar-refractivity contribution in [1.82, 2.24) is 15.1 Å². The second-order valence-corrected chi connectivity index (χ2v) is 5.18. The highest BCUT2D eigenvalue weighted by Crippen LogP contribution is 2.23. The Balaban J connectivity index is 2.20. The number of amides is 1. The van der Waals surface area contributed by atoms with E-state index >= 15 is 0 Å². The highest BCUT2D eigenvalue weighted by atomic mass is 16.5. The largest absolute Gasteiger partial charge is 0.396 e. The van der Waals surface area contributed by atoms with E-state index in [1.807, 2.05) is 20.9 Å². The van der Waals surface area contributed by atoms with Gasteiger partial charge in [0.15, 0.2) is 0 Å². The molecule has 1 amide bonds. The first-order chi connectivity index (χ1) is 8.99. The van der Waals surface area contributed by atoms with Crippen molar-refractivity contribution in [2.75, 3.05) is 19.8 Å². The molecule has 2 N–H and O–H groups in total. The van der Waals surface area contributed by atoms with Gasteiger partial charge in [0.1, 0.15) is 0 Å². The van der Waals surface area contributed by atoms with E-state index in [1.165, 1.54) is 0 Å². The summed E-state index contributed by atoms with van der Waals surface area (Å²) < 4.78 is 7.07. The molecule has 1 aliphatic rings. The van der Waals surface area contributed by atoms with Gasteiger partial charge < -0.3 is 15.2 Å². The van der Waals surface area contributed by atoms with Gasteiger partial charge in [0.2, 0.25) is 0 Å². The minimum atomic E-state index is -0.444. The maximum atomic E-state index is 12.4. The molecule has 1 aromatic rings. The zero-order valence-corrected chi connectivity index (χ0v) is 11.7. The third kappa shape index (κ3) is 2.64. The lowest BCUT2D eigenvalue weighted by molar-refractivity contribution is 0.0849. The molecule has 2 rings (SSSR count). The number of hydrogen-bond donors (Lipinski definition) is 2. The second-order valence-electron chi connectivity index (χ2n) is 5.18. The van der Waals surface area contributed by atoms with Crippen LogP contribution in [0.3, 0.4) is 0 Å². The second kappa shape index (κ2) is 5.30. The highest BCUT2D eigenvalue weighted by molar-refractivity contribution is 5.96. The topological polar surface area (TPSA) is 76.4 Å². The number of nitrogens with one attached hydrogen (secondary N) is 1. The Morgan fingerprint density at radius 1 is 1.58 bits per heavy atom. The van der Waals surface area contributed by atoms with Crippen LogP contribution in [0.2, 0.25) is 0 Å². The average molecular weight is 267 g/mol. The zero-order chi connectivity index (χ0) is 14.0. The summed E-state index contributed by atoms with van der Waals surface area (Å²) in [6.07, 6.45) is 1.24. The quantitative estimate of drug-likeness (QED) is 0.823. The fourth-order valence-corrected chi connectivity index (χ4v) is 2.59. The number of rotatable bonds is 4. The summed E-state index contributed by atoms with van der Waals surface area (Å²) in [4.78, 5) is 12.4. The van der Waals surface area contributed by atoms with E-state index in [0.717, 1.165) is 17.8 Å². The van der Waals surface area contributed by atoms with E-state index in [4.69, 9.17) is 9.84 Å². The molecule has 6 nitrogen and oxygen atoms in total. The van der Waals surface area contributed by atoms with Crippen LogP contribution in [0.1, 0.15) is 34.6 Å². The Morgan fingerprint density at radius 2 is 2.32 bits per heavy atom. The molecule has 6 heteroatoms. The maximum Gasteiger partial charge on any atom is 0.255 e. The lowest BCUT2D eigenvalue weighted by Gasteiger charge is -2.28. The fourth-order valence-electron chi connectivity index (χ4n) is 2.59. The lowest BCUT2D eigenvalue weighted by atomic mass is 9.94. The van der Waals surface area contributed by atoms with Crippen LogP contribution in [-0.4, -0.2) is 46.2 Å². The Hall–Kier alpha value is -1.40. The number of carbonyl (C=O) groups is 1. The summed E-state index contributed by atoms with van der Waals surface area (Å²) in [5.74, 6) is -0.137. The fraction of sp³-hybridized carbons (Fsp3) is 0.692.